The molecule has 0 spiro atoms. The van der Waals surface area contributed by atoms with Gasteiger partial charge in [0.15, 0.2) is 11.5 Å². The molecule has 6 nitrogen and oxygen atoms in total. The molecule has 3 aromatic rings. The largest absolute Gasteiger partial charge is 0.486 e. The Balaban J connectivity index is 1.72. The SMILES string of the molecule is COCCN=c1scc(-c2ccc(Cl)c(Cl)c2)n1/N=C\c1ccc2c(c1)OCCO2. The third-order valence-electron chi connectivity index (χ3n) is 4.33. The first-order valence-electron chi connectivity index (χ1n) is 9.25. The standard InChI is InChI=1S/C21H19Cl2N3O3S/c1-27-7-6-24-21-26(18(13-30-21)15-3-4-16(22)17(23)11-15)25-12-14-2-5-19-20(10-14)29-9-8-28-19/h2-5,10-13H,6-9H2,1H3/b24-21?,25-12-. The molecule has 9 heteroatoms. The quantitative estimate of drug-likeness (QED) is 0.392. The van der Waals surface area contributed by atoms with Crippen molar-refractivity contribution < 1.29 is 14.2 Å². The van der Waals surface area contributed by atoms with Crippen LogP contribution < -0.4 is 14.3 Å². The fourth-order valence-corrected chi connectivity index (χ4v) is 4.03. The van der Waals surface area contributed by atoms with Crippen molar-refractivity contribution in [3.05, 3.63) is 62.2 Å². The van der Waals surface area contributed by atoms with Crippen LogP contribution in [0.25, 0.3) is 11.3 Å². The van der Waals surface area contributed by atoms with Crippen molar-refractivity contribution in [2.45, 2.75) is 0 Å². The van der Waals surface area contributed by atoms with E-state index in [2.05, 4.69) is 10.1 Å². The predicted molar refractivity (Wildman–Crippen MR) is 120 cm³/mol. The summed E-state index contributed by atoms with van der Waals surface area (Å²) >= 11 is 13.8. The van der Waals surface area contributed by atoms with Crippen LogP contribution in [-0.2, 0) is 4.74 Å². The first kappa shape index (κ1) is 20.9. The first-order valence-corrected chi connectivity index (χ1v) is 10.9. The molecule has 30 heavy (non-hydrogen) atoms. The smallest absolute Gasteiger partial charge is 0.206 e. The minimum absolute atomic E-state index is 0.487. The van der Waals surface area contributed by atoms with E-state index in [0.29, 0.717) is 36.4 Å². The summed E-state index contributed by atoms with van der Waals surface area (Å²) in [6.07, 6.45) is 1.77. The summed E-state index contributed by atoms with van der Waals surface area (Å²) in [7, 11) is 1.65. The maximum absolute atomic E-state index is 6.22. The Morgan fingerprint density at radius 3 is 2.73 bits per heavy atom. The fourth-order valence-electron chi connectivity index (χ4n) is 2.87. The van der Waals surface area contributed by atoms with Crippen LogP contribution in [0.4, 0.5) is 0 Å². The van der Waals surface area contributed by atoms with Crippen molar-refractivity contribution in [3.8, 4) is 22.8 Å². The molecule has 0 fully saturated rings. The Bertz CT molecular complexity index is 1140. The number of aromatic nitrogens is 1. The van der Waals surface area contributed by atoms with Crippen LogP contribution in [0.15, 0.2) is 51.9 Å². The lowest BCUT2D eigenvalue weighted by atomic mass is 10.2. The molecule has 0 aliphatic carbocycles. The summed E-state index contributed by atoms with van der Waals surface area (Å²) in [5.74, 6) is 1.46. The number of methoxy groups -OCH3 is 1. The third-order valence-corrected chi connectivity index (χ3v) is 5.92. The zero-order valence-corrected chi connectivity index (χ0v) is 18.5. The van der Waals surface area contributed by atoms with E-state index in [1.807, 2.05) is 35.7 Å². The molecule has 0 amide bonds. The van der Waals surface area contributed by atoms with Gasteiger partial charge in [0.05, 0.1) is 35.1 Å². The van der Waals surface area contributed by atoms with Crippen molar-refractivity contribution in [3.63, 3.8) is 0 Å². The van der Waals surface area contributed by atoms with Gasteiger partial charge in [0.25, 0.3) is 0 Å². The summed E-state index contributed by atoms with van der Waals surface area (Å²) < 4.78 is 18.1. The normalized spacial score (nSPS) is 13.9. The molecule has 2 heterocycles. The number of hydrogen-bond acceptors (Lipinski definition) is 6. The van der Waals surface area contributed by atoms with Gasteiger partial charge in [-0.1, -0.05) is 29.3 Å². The number of hydrogen-bond donors (Lipinski definition) is 0. The van der Waals surface area contributed by atoms with Crippen LogP contribution in [-0.4, -0.2) is 44.4 Å². The number of nitrogens with zero attached hydrogens (tertiary/aromatic N) is 3. The molecule has 0 unspecified atom stereocenters. The van der Waals surface area contributed by atoms with E-state index >= 15 is 0 Å². The topological polar surface area (TPSA) is 57.3 Å². The van der Waals surface area contributed by atoms with Crippen molar-refractivity contribution in [1.82, 2.24) is 4.68 Å². The minimum atomic E-state index is 0.487. The number of benzene rings is 2. The highest BCUT2D eigenvalue weighted by atomic mass is 35.5. The van der Waals surface area contributed by atoms with Gasteiger partial charge in [-0.3, -0.25) is 4.99 Å². The lowest BCUT2D eigenvalue weighted by Gasteiger charge is -2.18. The summed E-state index contributed by atoms with van der Waals surface area (Å²) in [5.41, 5.74) is 2.65. The maximum atomic E-state index is 6.22. The van der Waals surface area contributed by atoms with E-state index in [-0.39, 0.29) is 0 Å². The van der Waals surface area contributed by atoms with Crippen LogP contribution in [0.1, 0.15) is 5.56 Å². The fraction of sp³-hybridized carbons (Fsp3) is 0.238. The summed E-state index contributed by atoms with van der Waals surface area (Å²) in [4.78, 5) is 5.36. The van der Waals surface area contributed by atoms with E-state index in [9.17, 15) is 0 Å². The summed E-state index contributed by atoms with van der Waals surface area (Å²) in [5, 5.41) is 7.67. The Morgan fingerprint density at radius 1 is 1.10 bits per heavy atom. The average molecular weight is 464 g/mol. The second kappa shape index (κ2) is 9.66. The van der Waals surface area contributed by atoms with E-state index < -0.39 is 0 Å². The van der Waals surface area contributed by atoms with Crippen molar-refractivity contribution in [1.29, 1.82) is 0 Å². The van der Waals surface area contributed by atoms with Gasteiger partial charge in [0.2, 0.25) is 4.80 Å². The van der Waals surface area contributed by atoms with Gasteiger partial charge in [-0.05, 0) is 35.9 Å². The average Bonchev–Trinajstić information content (AvgIpc) is 3.17. The monoisotopic (exact) mass is 463 g/mol. The molecule has 0 bridgehead atoms. The number of fused-ring (bicyclic) bond motifs is 1. The molecule has 1 aliphatic heterocycles. The van der Waals surface area contributed by atoms with Crippen LogP contribution in [0.3, 0.4) is 0 Å². The van der Waals surface area contributed by atoms with Crippen molar-refractivity contribution in [2.24, 2.45) is 10.1 Å². The molecule has 0 radical (unpaired) electrons. The predicted octanol–water partition coefficient (Wildman–Crippen LogP) is 4.72. The van der Waals surface area contributed by atoms with Gasteiger partial charge in [-0.2, -0.15) is 5.10 Å². The maximum Gasteiger partial charge on any atom is 0.206 e. The van der Waals surface area contributed by atoms with Crippen molar-refractivity contribution in [2.75, 3.05) is 33.5 Å². The van der Waals surface area contributed by atoms with Crippen LogP contribution in [0, 0.1) is 0 Å². The van der Waals surface area contributed by atoms with Gasteiger partial charge in [-0.25, -0.2) is 4.68 Å². The van der Waals surface area contributed by atoms with Crippen LogP contribution in [0.2, 0.25) is 10.0 Å². The lowest BCUT2D eigenvalue weighted by Crippen LogP contribution is -2.15. The van der Waals surface area contributed by atoms with Crippen molar-refractivity contribution >= 4 is 40.8 Å². The molecular formula is C21H19Cl2N3O3S. The summed E-state index contributed by atoms with van der Waals surface area (Å²) in [6, 6.07) is 11.2. The highest BCUT2D eigenvalue weighted by Crippen LogP contribution is 2.31. The van der Waals surface area contributed by atoms with E-state index in [1.54, 1.807) is 24.1 Å². The number of thiazole rings is 1. The first-order chi connectivity index (χ1) is 14.7. The number of halogens is 2. The van der Waals surface area contributed by atoms with E-state index in [0.717, 1.165) is 33.1 Å². The Morgan fingerprint density at radius 2 is 1.93 bits per heavy atom. The van der Waals surface area contributed by atoms with Gasteiger partial charge in [0, 0.05) is 18.1 Å². The molecule has 0 saturated heterocycles. The molecule has 0 saturated carbocycles. The number of rotatable bonds is 6. The highest BCUT2D eigenvalue weighted by Gasteiger charge is 2.12. The summed E-state index contributed by atoms with van der Waals surface area (Å²) in [6.45, 7) is 2.17. The van der Waals surface area contributed by atoms with E-state index in [4.69, 9.17) is 37.4 Å². The molecule has 1 aliphatic rings. The second-order valence-electron chi connectivity index (χ2n) is 6.37. The molecule has 1 aromatic heterocycles. The molecule has 156 valence electrons. The van der Waals surface area contributed by atoms with Crippen LogP contribution >= 0.6 is 34.5 Å². The molecule has 4 rings (SSSR count). The molecule has 0 atom stereocenters. The number of ether oxygens (including phenoxy) is 3. The van der Waals surface area contributed by atoms with Gasteiger partial charge < -0.3 is 14.2 Å². The van der Waals surface area contributed by atoms with Gasteiger partial charge >= 0.3 is 0 Å². The van der Waals surface area contributed by atoms with Gasteiger partial charge in [-0.15, -0.1) is 11.3 Å². The Hall–Kier alpha value is -2.32. The molecule has 2 aromatic carbocycles. The second-order valence-corrected chi connectivity index (χ2v) is 8.02. The zero-order chi connectivity index (χ0) is 20.9. The lowest BCUT2D eigenvalue weighted by molar-refractivity contribution is 0.171. The van der Waals surface area contributed by atoms with Crippen LogP contribution in [0.5, 0.6) is 11.5 Å². The Kier molecular flexibility index (Phi) is 6.74. The van der Waals surface area contributed by atoms with Gasteiger partial charge in [0.1, 0.15) is 13.2 Å². The highest BCUT2D eigenvalue weighted by molar-refractivity contribution is 7.07. The van der Waals surface area contributed by atoms with E-state index in [1.165, 1.54) is 11.3 Å². The Labute approximate surface area is 188 Å². The molecular weight excluding hydrogens is 445 g/mol. The minimum Gasteiger partial charge on any atom is -0.486 e. The third kappa shape index (κ3) is 4.70. The zero-order valence-electron chi connectivity index (χ0n) is 16.2. The molecule has 0 N–H and O–H groups in total.